The van der Waals surface area contributed by atoms with Gasteiger partial charge in [0.15, 0.2) is 5.60 Å². The summed E-state index contributed by atoms with van der Waals surface area (Å²) in [4.78, 5) is 159. The number of benzene rings is 2. The number of aryl methyl sites for hydroxylation is 1. The third kappa shape index (κ3) is 13.4. The largest absolute Gasteiger partial charge is 0.481 e. The molecule has 0 saturated carbocycles. The molecule has 4 aliphatic rings. The van der Waals surface area contributed by atoms with Crippen LogP contribution >= 0.6 is 0 Å². The number of ether oxygens (including phenoxy) is 2. The predicted octanol–water partition coefficient (Wildman–Crippen LogP) is -1.07. The van der Waals surface area contributed by atoms with Gasteiger partial charge in [0.1, 0.15) is 37.3 Å². The molecule has 0 radical (unpaired) electrons. The third-order valence-corrected chi connectivity index (χ3v) is 14.9. The Bertz CT molecular complexity index is 3560. The molecule has 6 atom stereocenters. The molecule has 0 spiro atoms. The van der Waals surface area contributed by atoms with Gasteiger partial charge in [0.2, 0.25) is 35.6 Å². The zero-order chi connectivity index (χ0) is 62.5. The first kappa shape index (κ1) is 62.6. The van der Waals surface area contributed by atoms with Crippen LogP contribution in [0, 0.1) is 12.7 Å². The van der Waals surface area contributed by atoms with Crippen molar-refractivity contribution >= 4 is 76.1 Å². The van der Waals surface area contributed by atoms with E-state index in [2.05, 4.69) is 31.9 Å². The molecule has 456 valence electrons. The van der Waals surface area contributed by atoms with Gasteiger partial charge in [-0.2, -0.15) is 13.2 Å². The molecule has 0 unspecified atom stereocenters. The van der Waals surface area contributed by atoms with E-state index in [1.54, 1.807) is 30.3 Å². The van der Waals surface area contributed by atoms with E-state index in [4.69, 9.17) is 19.6 Å². The number of fused-ring (bicyclic) bond motifs is 5. The Morgan fingerprint density at radius 2 is 1.51 bits per heavy atom. The lowest BCUT2D eigenvalue weighted by atomic mass is 9.81. The molecule has 10 N–H and O–H groups in total. The molecular formula is C55H56F4N10O17. The maximum absolute atomic E-state index is 15.4. The number of halogens is 4. The zero-order valence-electron chi connectivity index (χ0n) is 45.7. The first-order chi connectivity index (χ1) is 40.7. The molecule has 31 heteroatoms. The Balaban J connectivity index is 0.875. The van der Waals surface area contributed by atoms with Crippen molar-refractivity contribution in [3.05, 3.63) is 110 Å². The topological polar surface area (TPSA) is 389 Å². The molecular weight excluding hydrogens is 1150 g/mol. The number of imide groups is 1. The minimum Gasteiger partial charge on any atom is -0.481 e. The van der Waals surface area contributed by atoms with Crippen molar-refractivity contribution in [3.8, 4) is 11.4 Å². The van der Waals surface area contributed by atoms with E-state index >= 15 is 4.39 Å². The minimum absolute atomic E-state index is 0.00881. The average Bonchev–Trinajstić information content (AvgIpc) is 1.50. The summed E-state index contributed by atoms with van der Waals surface area (Å²) >= 11 is 0. The quantitative estimate of drug-likeness (QED) is 0.0144. The summed E-state index contributed by atoms with van der Waals surface area (Å²) in [5.74, 6) is -13.2. The van der Waals surface area contributed by atoms with Crippen molar-refractivity contribution in [1.82, 2.24) is 51.7 Å². The first-order valence-electron chi connectivity index (χ1n) is 26.7. The van der Waals surface area contributed by atoms with Crippen LogP contribution in [0.1, 0.15) is 77.6 Å². The normalized spacial score (nSPS) is 17.9. The van der Waals surface area contributed by atoms with Gasteiger partial charge in [0, 0.05) is 54.1 Å². The summed E-state index contributed by atoms with van der Waals surface area (Å²) in [7, 11) is 0. The van der Waals surface area contributed by atoms with Gasteiger partial charge in [-0.3, -0.25) is 57.6 Å². The highest BCUT2D eigenvalue weighted by atomic mass is 19.4. The Kier molecular flexibility index (Phi) is 18.8. The number of carboxylic acids is 2. The number of hydrogen-bond acceptors (Lipinski definition) is 17. The summed E-state index contributed by atoms with van der Waals surface area (Å²) in [5, 5.41) is 46.0. The highest BCUT2D eigenvalue weighted by molar-refractivity contribution is 6.15. The van der Waals surface area contributed by atoms with Crippen LogP contribution in [0.25, 0.3) is 22.3 Å². The number of rotatable bonds is 25. The number of nitrogens with zero attached hydrogens (tertiary/aromatic N) is 3. The average molecular weight is 1210 g/mol. The van der Waals surface area contributed by atoms with Gasteiger partial charge in [-0.15, -0.1) is 0 Å². The summed E-state index contributed by atoms with van der Waals surface area (Å²) in [5.41, 5.74) is -0.844. The molecule has 2 aromatic carbocycles. The summed E-state index contributed by atoms with van der Waals surface area (Å²) in [6.45, 7) is -2.11. The SMILES string of the molecule is CC[C@@]1(O)C(=O)OCc2c1cc1n(c2=O)Cc2c-1nc1cc(F)c(C)c3c1c2[C@@H](NC(=O)[C@H](OCNC(=O)CNC(=O)[C@H](Cc1ccccc1)NC(=O)CNC(=O)CNC(=O)[C@H](CN[C@@H](CCC(=O)O)C(=O)O)N1C(=O)C=CC1=O)C(F)(F)F)CC3. The fraction of sp³-hybridized carbons (Fsp3) is 0.400. The molecule has 1 aliphatic carbocycles. The second-order valence-electron chi connectivity index (χ2n) is 20.4. The van der Waals surface area contributed by atoms with Crippen molar-refractivity contribution in [1.29, 1.82) is 0 Å². The lowest BCUT2D eigenvalue weighted by Gasteiger charge is -2.31. The van der Waals surface area contributed by atoms with Crippen molar-refractivity contribution in [3.63, 3.8) is 0 Å². The van der Waals surface area contributed by atoms with Crippen molar-refractivity contribution in [2.24, 2.45) is 0 Å². The number of aliphatic hydroxyl groups is 1. The van der Waals surface area contributed by atoms with Gasteiger partial charge < -0.3 is 66.6 Å². The van der Waals surface area contributed by atoms with Crippen LogP contribution in [-0.2, 0) is 93.8 Å². The standard InChI is InChI=1S/C55H56F4N10O17/c1-3-54(84)30-16-36-46-28(22-68(36)51(80)29(30)23-85-53(54)83)45-32(10-9-27-25(2)31(56)17-34(66-46)44(27)45)67-50(79)47(55(57,58)59)86-24-64-39(71)20-62-48(77)35(15-26-7-5-4-6-8-26)65-40(72)21-61-38(70)19-63-49(78)37(69-41(73)12-13-42(69)74)18-60-33(52(81)82)11-14-43(75)76/h4-8,12-13,16-17,32-33,35,37,47,60,84H,3,9-11,14-15,18-24H2,1-2H3,(H,61,70)(H,62,77)(H,63,78)(H,64,71)(H,65,72)(H,67,79)(H,75,76)(H,81,82)/t32-,33-,35-,37-,47-,54-/m0/s1. The van der Waals surface area contributed by atoms with Crippen LogP contribution in [0.5, 0.6) is 0 Å². The lowest BCUT2D eigenvalue weighted by Crippen LogP contribution is -2.57. The molecule has 3 aliphatic heterocycles. The monoisotopic (exact) mass is 1200 g/mol. The number of cyclic esters (lactones) is 1. The van der Waals surface area contributed by atoms with E-state index < -0.39 is 171 Å². The Hall–Kier alpha value is -9.49. The number of amides is 8. The molecule has 86 heavy (non-hydrogen) atoms. The van der Waals surface area contributed by atoms with Crippen LogP contribution in [-0.4, -0.2) is 158 Å². The fourth-order valence-corrected chi connectivity index (χ4v) is 10.5. The summed E-state index contributed by atoms with van der Waals surface area (Å²) < 4.78 is 70.9. The van der Waals surface area contributed by atoms with Crippen molar-refractivity contribution in [2.45, 2.75) is 108 Å². The predicted molar refractivity (Wildman–Crippen MR) is 285 cm³/mol. The van der Waals surface area contributed by atoms with Crippen LogP contribution in [0.3, 0.4) is 0 Å². The fourth-order valence-electron chi connectivity index (χ4n) is 10.5. The Morgan fingerprint density at radius 1 is 0.849 bits per heavy atom. The first-order valence-corrected chi connectivity index (χ1v) is 26.7. The number of aliphatic carboxylic acids is 2. The summed E-state index contributed by atoms with van der Waals surface area (Å²) in [6, 6.07) is 4.69. The number of pyridine rings is 2. The molecule has 0 saturated heterocycles. The number of alkyl halides is 3. The summed E-state index contributed by atoms with van der Waals surface area (Å²) in [6.07, 6.45) is -8.24. The molecule has 27 nitrogen and oxygen atoms in total. The third-order valence-electron chi connectivity index (χ3n) is 14.9. The maximum atomic E-state index is 15.4. The van der Waals surface area contributed by atoms with Gasteiger partial charge >= 0.3 is 24.1 Å². The Morgan fingerprint density at radius 3 is 2.16 bits per heavy atom. The molecule has 8 amide bonds. The van der Waals surface area contributed by atoms with E-state index in [1.165, 1.54) is 24.5 Å². The molecule has 0 bridgehead atoms. The number of nitrogens with one attached hydrogen (secondary N) is 7. The van der Waals surface area contributed by atoms with E-state index in [0.717, 1.165) is 18.2 Å². The number of aromatic nitrogens is 2. The van der Waals surface area contributed by atoms with Gasteiger partial charge in [-0.05, 0) is 60.9 Å². The smallest absolute Gasteiger partial charge is 0.423 e. The molecule has 4 aromatic rings. The van der Waals surface area contributed by atoms with Crippen LogP contribution in [0.2, 0.25) is 0 Å². The number of hydrogen-bond donors (Lipinski definition) is 10. The van der Waals surface area contributed by atoms with E-state index in [1.807, 2.05) is 5.32 Å². The van der Waals surface area contributed by atoms with Gasteiger partial charge in [-0.25, -0.2) is 14.2 Å². The second-order valence-corrected chi connectivity index (χ2v) is 20.4. The molecule has 2 aromatic heterocycles. The van der Waals surface area contributed by atoms with E-state index in [9.17, 15) is 80.9 Å². The van der Waals surface area contributed by atoms with Crippen LogP contribution < -0.4 is 42.8 Å². The highest BCUT2D eigenvalue weighted by Crippen LogP contribution is 2.46. The van der Waals surface area contributed by atoms with Gasteiger partial charge in [0.25, 0.3) is 23.3 Å². The zero-order valence-corrected chi connectivity index (χ0v) is 45.7. The number of carbonyl (C=O) groups is 11. The van der Waals surface area contributed by atoms with Crippen molar-refractivity contribution in [2.75, 3.05) is 32.9 Å². The molecule has 8 rings (SSSR count). The molecule has 5 heterocycles. The number of carbonyl (C=O) groups excluding carboxylic acids is 9. The molecule has 0 fully saturated rings. The number of carboxylic acid groups (broad SMARTS) is 2. The Labute approximate surface area is 483 Å². The van der Waals surface area contributed by atoms with Gasteiger partial charge in [-0.1, -0.05) is 37.3 Å². The number of esters is 1. The highest BCUT2D eigenvalue weighted by Gasteiger charge is 2.49. The van der Waals surface area contributed by atoms with Crippen molar-refractivity contribution < 1.29 is 95.1 Å². The van der Waals surface area contributed by atoms with E-state index in [0.29, 0.717) is 27.0 Å². The second kappa shape index (κ2) is 25.8. The van der Waals surface area contributed by atoms with Gasteiger partial charge in [0.05, 0.1) is 54.7 Å². The van der Waals surface area contributed by atoms with Crippen LogP contribution in [0.4, 0.5) is 17.6 Å². The maximum Gasteiger partial charge on any atom is 0.423 e. The van der Waals surface area contributed by atoms with Crippen LogP contribution in [0.15, 0.2) is 59.4 Å². The lowest BCUT2D eigenvalue weighted by molar-refractivity contribution is -0.220. The minimum atomic E-state index is -5.38. The van der Waals surface area contributed by atoms with E-state index in [-0.39, 0.29) is 71.4 Å².